The van der Waals surface area contributed by atoms with Crippen LogP contribution in [0.25, 0.3) is 11.4 Å². The summed E-state index contributed by atoms with van der Waals surface area (Å²) < 4.78 is 7.41. The second-order valence-corrected chi connectivity index (χ2v) is 11.0. The van der Waals surface area contributed by atoms with Crippen LogP contribution in [0.5, 0.6) is 0 Å². The molecule has 2 fully saturated rings. The van der Waals surface area contributed by atoms with Crippen molar-refractivity contribution in [3.63, 3.8) is 0 Å². The summed E-state index contributed by atoms with van der Waals surface area (Å²) in [5.74, 6) is 2.43. The van der Waals surface area contributed by atoms with E-state index in [1.54, 1.807) is 12.4 Å². The molecule has 2 aliphatic heterocycles. The zero-order chi connectivity index (χ0) is 24.8. The van der Waals surface area contributed by atoms with Crippen LogP contribution in [-0.2, 0) is 17.4 Å². The minimum Gasteiger partial charge on any atom is -0.381 e. The summed E-state index contributed by atoms with van der Waals surface area (Å²) in [5.41, 5.74) is 2.24. The van der Waals surface area contributed by atoms with Crippen molar-refractivity contribution in [3.8, 4) is 11.4 Å². The normalized spacial score (nSPS) is 20.5. The molecule has 186 valence electrons. The maximum atomic E-state index is 12.5. The molecule has 5 rings (SSSR count). The molecule has 3 aromatic rings. The minimum atomic E-state index is -1.18. The lowest BCUT2D eigenvalue weighted by Crippen LogP contribution is -2.63. The van der Waals surface area contributed by atoms with E-state index < -0.39 is 5.60 Å². The first-order valence-electron chi connectivity index (χ1n) is 12.7. The number of hydrogen-bond acceptors (Lipinski definition) is 6. The van der Waals surface area contributed by atoms with E-state index in [1.165, 1.54) is 5.56 Å². The first-order chi connectivity index (χ1) is 16.7. The second kappa shape index (κ2) is 9.12. The van der Waals surface area contributed by atoms with Crippen LogP contribution in [0.15, 0.2) is 42.7 Å². The zero-order valence-electron chi connectivity index (χ0n) is 21.5. The molecule has 35 heavy (non-hydrogen) atoms. The van der Waals surface area contributed by atoms with Crippen LogP contribution >= 0.6 is 0 Å². The van der Waals surface area contributed by atoms with Crippen LogP contribution in [-0.4, -0.2) is 63.1 Å². The van der Waals surface area contributed by atoms with E-state index in [0.29, 0.717) is 17.7 Å². The van der Waals surface area contributed by atoms with Gasteiger partial charge in [-0.3, -0.25) is 9.67 Å². The van der Waals surface area contributed by atoms with Gasteiger partial charge in [0.25, 0.3) is 0 Å². The Morgan fingerprint density at radius 2 is 1.74 bits per heavy atom. The highest BCUT2D eigenvalue weighted by atomic mass is 16.5. The minimum absolute atomic E-state index is 0.341. The van der Waals surface area contributed by atoms with E-state index in [9.17, 15) is 5.11 Å². The Morgan fingerprint density at radius 3 is 2.37 bits per heavy atom. The predicted molar refractivity (Wildman–Crippen MR) is 136 cm³/mol. The number of hydrogen-bond donors (Lipinski definition) is 1. The van der Waals surface area contributed by atoms with Gasteiger partial charge in [0.1, 0.15) is 11.4 Å². The van der Waals surface area contributed by atoms with Crippen molar-refractivity contribution in [2.45, 2.75) is 51.0 Å². The van der Waals surface area contributed by atoms with Crippen molar-refractivity contribution in [2.24, 2.45) is 12.5 Å². The lowest BCUT2D eigenvalue weighted by molar-refractivity contribution is -0.127. The van der Waals surface area contributed by atoms with E-state index in [-0.39, 0.29) is 5.41 Å². The van der Waals surface area contributed by atoms with Crippen molar-refractivity contribution in [1.29, 1.82) is 0 Å². The fourth-order valence-electron chi connectivity index (χ4n) is 5.94. The van der Waals surface area contributed by atoms with Crippen LogP contribution in [0.1, 0.15) is 68.0 Å². The number of aliphatic hydroxyl groups is 1. The van der Waals surface area contributed by atoms with Gasteiger partial charge in [-0.1, -0.05) is 45.0 Å². The van der Waals surface area contributed by atoms with E-state index in [1.807, 2.05) is 17.8 Å². The fraction of sp³-hybridized carbons (Fsp3) is 0.536. The summed E-state index contributed by atoms with van der Waals surface area (Å²) in [6.07, 6.45) is 5.51. The number of nitrogens with zero attached hydrogens (tertiary/aromatic N) is 5. The highest BCUT2D eigenvalue weighted by molar-refractivity contribution is 5.56. The third-order valence-electron chi connectivity index (χ3n) is 7.90. The van der Waals surface area contributed by atoms with Crippen LogP contribution in [0.3, 0.4) is 0 Å². The summed E-state index contributed by atoms with van der Waals surface area (Å²) >= 11 is 0. The topological polar surface area (TPSA) is 76.3 Å². The third kappa shape index (κ3) is 4.20. The van der Waals surface area contributed by atoms with Crippen LogP contribution in [0.4, 0.5) is 0 Å². The first kappa shape index (κ1) is 24.1. The van der Waals surface area contributed by atoms with Crippen molar-refractivity contribution >= 4 is 0 Å². The number of benzene rings is 1. The molecule has 2 aromatic heterocycles. The Balaban J connectivity index is 1.55. The van der Waals surface area contributed by atoms with Gasteiger partial charge in [0.05, 0.1) is 0 Å². The molecular formula is C28H37N5O2. The predicted octanol–water partition coefficient (Wildman–Crippen LogP) is 4.08. The highest BCUT2D eigenvalue weighted by Crippen LogP contribution is 2.50. The van der Waals surface area contributed by atoms with Gasteiger partial charge in [0.2, 0.25) is 0 Å². The third-order valence-corrected chi connectivity index (χ3v) is 7.90. The van der Waals surface area contributed by atoms with Gasteiger partial charge in [-0.25, -0.2) is 4.98 Å². The maximum absolute atomic E-state index is 12.5. The van der Waals surface area contributed by atoms with Crippen molar-refractivity contribution in [3.05, 3.63) is 65.2 Å². The van der Waals surface area contributed by atoms with Gasteiger partial charge in [-0.15, -0.1) is 0 Å². The molecule has 1 aromatic carbocycles. The second-order valence-electron chi connectivity index (χ2n) is 11.0. The number of rotatable bonds is 6. The summed E-state index contributed by atoms with van der Waals surface area (Å²) in [6, 6.07) is 10.4. The molecule has 1 unspecified atom stereocenters. The number of aromatic nitrogens is 4. The molecule has 7 nitrogen and oxygen atoms in total. The van der Waals surface area contributed by atoms with Crippen LogP contribution in [0.2, 0.25) is 0 Å². The molecule has 0 amide bonds. The van der Waals surface area contributed by atoms with Crippen LogP contribution < -0.4 is 0 Å². The van der Waals surface area contributed by atoms with E-state index in [4.69, 9.17) is 14.8 Å². The van der Waals surface area contributed by atoms with Crippen molar-refractivity contribution in [2.75, 3.05) is 33.4 Å². The van der Waals surface area contributed by atoms with Gasteiger partial charge < -0.3 is 14.7 Å². The summed E-state index contributed by atoms with van der Waals surface area (Å²) in [5, 5.41) is 17.2. The maximum Gasteiger partial charge on any atom is 0.182 e. The lowest BCUT2D eigenvalue weighted by atomic mass is 9.62. The van der Waals surface area contributed by atoms with Gasteiger partial charge in [0.15, 0.2) is 5.82 Å². The molecule has 0 aliphatic carbocycles. The Labute approximate surface area is 208 Å². The smallest absolute Gasteiger partial charge is 0.182 e. The Kier molecular flexibility index (Phi) is 6.28. The van der Waals surface area contributed by atoms with Gasteiger partial charge in [-0.2, -0.15) is 5.10 Å². The molecule has 1 atom stereocenters. The lowest BCUT2D eigenvalue weighted by Gasteiger charge is -2.55. The number of pyridine rings is 1. The Hall–Kier alpha value is -2.61. The Morgan fingerprint density at radius 1 is 1.06 bits per heavy atom. The van der Waals surface area contributed by atoms with Crippen LogP contribution in [0, 0.1) is 5.41 Å². The number of ether oxygens (including phenoxy) is 1. The molecular weight excluding hydrogens is 438 g/mol. The molecule has 0 radical (unpaired) electrons. The average Bonchev–Trinajstić information content (AvgIpc) is 3.25. The molecule has 0 bridgehead atoms. The molecule has 1 N–H and O–H groups in total. The zero-order valence-corrected chi connectivity index (χ0v) is 21.5. The largest absolute Gasteiger partial charge is 0.381 e. The van der Waals surface area contributed by atoms with Gasteiger partial charge in [0, 0.05) is 68.2 Å². The number of aryl methyl sites for hydroxylation is 1. The molecule has 0 spiro atoms. The molecule has 2 saturated heterocycles. The standard InChI is InChI=1S/C28H37N5O2/c1-19(2)20-6-8-23(9-7-20)28(34,27(3)17-32(4)18-27)24-14-22(15-29-16-24)25-30-26(33(5)31-25)21-10-12-35-13-11-21/h6-9,14-16,19,21,34H,10-13,17-18H2,1-5H3. The van der Waals surface area contributed by atoms with Gasteiger partial charge >= 0.3 is 0 Å². The monoisotopic (exact) mass is 475 g/mol. The quantitative estimate of drug-likeness (QED) is 0.579. The van der Waals surface area contributed by atoms with E-state index in [2.05, 4.69) is 62.0 Å². The highest BCUT2D eigenvalue weighted by Gasteiger charge is 2.55. The van der Waals surface area contributed by atoms with Gasteiger partial charge in [-0.05, 0) is 43.0 Å². The van der Waals surface area contributed by atoms with E-state index >= 15 is 0 Å². The molecule has 2 aliphatic rings. The molecule has 7 heteroatoms. The van der Waals surface area contributed by atoms with Crippen molar-refractivity contribution < 1.29 is 9.84 Å². The summed E-state index contributed by atoms with van der Waals surface area (Å²) in [4.78, 5) is 11.7. The van der Waals surface area contributed by atoms with Crippen molar-refractivity contribution in [1.82, 2.24) is 24.6 Å². The Bertz CT molecular complexity index is 1180. The fourth-order valence-corrected chi connectivity index (χ4v) is 5.94. The summed E-state index contributed by atoms with van der Waals surface area (Å²) in [6.45, 7) is 9.67. The molecule has 4 heterocycles. The SMILES string of the molecule is CC(C)c1ccc(C(O)(c2cncc(-c3nc(C4CCOCC4)n(C)n3)c2)C2(C)CN(C)C2)cc1. The first-order valence-corrected chi connectivity index (χ1v) is 12.7. The molecule has 0 saturated carbocycles. The number of likely N-dealkylation sites (tertiary alicyclic amines) is 1. The average molecular weight is 476 g/mol. The van der Waals surface area contributed by atoms with E-state index in [0.717, 1.165) is 61.7 Å². The summed E-state index contributed by atoms with van der Waals surface area (Å²) in [7, 11) is 4.05.